The van der Waals surface area contributed by atoms with Crippen molar-refractivity contribution in [3.8, 4) is 0 Å². The molecule has 0 unspecified atom stereocenters. The standard InChI is InChI=1S/C21H22N2O2/c1-14-6-8-16(9-7-14)13-22-19(24)11-10-18-12-17-5-3-4-15(2)20(17)23-21(18)25/h3-9,12H,10-11,13H2,1-2H3,(H,22,24)(H,23,25). The molecule has 1 amide bonds. The van der Waals surface area contributed by atoms with E-state index >= 15 is 0 Å². The van der Waals surface area contributed by atoms with Crippen molar-refractivity contribution in [1.82, 2.24) is 10.3 Å². The first-order chi connectivity index (χ1) is 12.0. The highest BCUT2D eigenvalue weighted by Crippen LogP contribution is 2.15. The van der Waals surface area contributed by atoms with Crippen LogP contribution in [0.4, 0.5) is 0 Å². The molecule has 0 aliphatic rings. The second kappa shape index (κ2) is 7.34. The van der Waals surface area contributed by atoms with Gasteiger partial charge in [-0.3, -0.25) is 9.59 Å². The van der Waals surface area contributed by atoms with E-state index in [2.05, 4.69) is 10.3 Å². The number of hydrogen-bond acceptors (Lipinski definition) is 2. The monoisotopic (exact) mass is 334 g/mol. The predicted octanol–water partition coefficient (Wildman–Crippen LogP) is 3.39. The van der Waals surface area contributed by atoms with Crippen molar-refractivity contribution < 1.29 is 4.79 Å². The SMILES string of the molecule is Cc1ccc(CNC(=O)CCc2cc3cccc(C)c3[nH]c2=O)cc1. The van der Waals surface area contributed by atoms with Crippen LogP contribution in [0.25, 0.3) is 10.9 Å². The van der Waals surface area contributed by atoms with E-state index in [1.165, 1.54) is 5.56 Å². The second-order valence-electron chi connectivity index (χ2n) is 6.43. The van der Waals surface area contributed by atoms with E-state index < -0.39 is 0 Å². The number of aromatic amines is 1. The Morgan fingerprint density at radius 3 is 2.60 bits per heavy atom. The van der Waals surface area contributed by atoms with Crippen LogP contribution in [0.15, 0.2) is 53.3 Å². The molecule has 1 heterocycles. The molecule has 0 aliphatic heterocycles. The van der Waals surface area contributed by atoms with E-state index in [-0.39, 0.29) is 11.5 Å². The zero-order valence-corrected chi connectivity index (χ0v) is 14.6. The minimum absolute atomic E-state index is 0.0516. The predicted molar refractivity (Wildman–Crippen MR) is 101 cm³/mol. The molecule has 2 N–H and O–H groups in total. The van der Waals surface area contributed by atoms with E-state index in [1.54, 1.807) is 0 Å². The molecule has 4 heteroatoms. The summed E-state index contributed by atoms with van der Waals surface area (Å²) in [5, 5.41) is 3.90. The van der Waals surface area contributed by atoms with E-state index in [0.29, 0.717) is 24.9 Å². The molecule has 1 aromatic heterocycles. The summed E-state index contributed by atoms with van der Waals surface area (Å²) in [5.41, 5.74) is 4.69. The van der Waals surface area contributed by atoms with Gasteiger partial charge in [-0.25, -0.2) is 0 Å². The van der Waals surface area contributed by atoms with Gasteiger partial charge in [-0.15, -0.1) is 0 Å². The number of carbonyl (C=O) groups excluding carboxylic acids is 1. The number of carbonyl (C=O) groups is 1. The Balaban J connectivity index is 1.62. The van der Waals surface area contributed by atoms with Crippen LogP contribution in [0, 0.1) is 13.8 Å². The Bertz CT molecular complexity index is 956. The van der Waals surface area contributed by atoms with Crippen LogP contribution in [0.3, 0.4) is 0 Å². The Hall–Kier alpha value is -2.88. The third-order valence-corrected chi connectivity index (χ3v) is 4.40. The van der Waals surface area contributed by atoms with Crippen LogP contribution >= 0.6 is 0 Å². The molecule has 0 radical (unpaired) electrons. The third kappa shape index (κ3) is 4.15. The molecule has 0 aliphatic carbocycles. The van der Waals surface area contributed by atoms with Gasteiger partial charge < -0.3 is 10.3 Å². The van der Waals surface area contributed by atoms with Gasteiger partial charge in [0.05, 0.1) is 5.52 Å². The molecular formula is C21H22N2O2. The highest BCUT2D eigenvalue weighted by molar-refractivity contribution is 5.82. The minimum Gasteiger partial charge on any atom is -0.352 e. The molecule has 0 atom stereocenters. The summed E-state index contributed by atoms with van der Waals surface area (Å²) in [6.45, 7) is 4.51. The van der Waals surface area contributed by atoms with Gasteiger partial charge in [0.1, 0.15) is 0 Å². The fourth-order valence-electron chi connectivity index (χ4n) is 2.86. The third-order valence-electron chi connectivity index (χ3n) is 4.40. The molecule has 0 spiro atoms. The Labute approximate surface area is 146 Å². The number of pyridine rings is 1. The van der Waals surface area contributed by atoms with Crippen molar-refractivity contribution in [1.29, 1.82) is 0 Å². The number of amides is 1. The molecule has 3 aromatic rings. The van der Waals surface area contributed by atoms with Gasteiger partial charge in [0.15, 0.2) is 0 Å². The first-order valence-corrected chi connectivity index (χ1v) is 8.47. The van der Waals surface area contributed by atoms with Gasteiger partial charge in [-0.1, -0.05) is 48.0 Å². The maximum absolute atomic E-state index is 12.2. The molecule has 0 fully saturated rings. The summed E-state index contributed by atoms with van der Waals surface area (Å²) in [7, 11) is 0. The Morgan fingerprint density at radius 2 is 1.84 bits per heavy atom. The largest absolute Gasteiger partial charge is 0.352 e. The summed E-state index contributed by atoms with van der Waals surface area (Å²) in [6.07, 6.45) is 0.727. The molecule has 4 nitrogen and oxygen atoms in total. The molecule has 25 heavy (non-hydrogen) atoms. The number of para-hydroxylation sites is 1. The zero-order chi connectivity index (χ0) is 17.8. The number of rotatable bonds is 5. The van der Waals surface area contributed by atoms with Crippen LogP contribution in [-0.4, -0.2) is 10.9 Å². The van der Waals surface area contributed by atoms with Gasteiger partial charge >= 0.3 is 0 Å². The fraction of sp³-hybridized carbons (Fsp3) is 0.238. The smallest absolute Gasteiger partial charge is 0.251 e. The number of aryl methyl sites for hydroxylation is 3. The van der Waals surface area contributed by atoms with Gasteiger partial charge in [0, 0.05) is 18.5 Å². The Morgan fingerprint density at radius 1 is 1.08 bits per heavy atom. The number of aromatic nitrogens is 1. The lowest BCUT2D eigenvalue weighted by atomic mass is 10.1. The molecule has 2 aromatic carbocycles. The molecule has 0 saturated heterocycles. The van der Waals surface area contributed by atoms with Gasteiger partial charge in [0.2, 0.25) is 5.91 Å². The molecule has 128 valence electrons. The van der Waals surface area contributed by atoms with E-state index in [9.17, 15) is 9.59 Å². The summed E-state index contributed by atoms with van der Waals surface area (Å²) >= 11 is 0. The topological polar surface area (TPSA) is 62.0 Å². The van der Waals surface area contributed by atoms with Crippen molar-refractivity contribution in [2.24, 2.45) is 0 Å². The maximum atomic E-state index is 12.2. The summed E-state index contributed by atoms with van der Waals surface area (Å²) < 4.78 is 0. The van der Waals surface area contributed by atoms with E-state index in [0.717, 1.165) is 22.0 Å². The van der Waals surface area contributed by atoms with Gasteiger partial charge in [-0.05, 0) is 42.8 Å². The fourth-order valence-corrected chi connectivity index (χ4v) is 2.86. The summed E-state index contributed by atoms with van der Waals surface area (Å²) in [4.78, 5) is 27.2. The van der Waals surface area contributed by atoms with Crippen molar-refractivity contribution in [2.75, 3.05) is 0 Å². The number of hydrogen-bond donors (Lipinski definition) is 2. The average Bonchev–Trinajstić information content (AvgIpc) is 2.60. The number of benzene rings is 2. The van der Waals surface area contributed by atoms with Crippen molar-refractivity contribution in [2.45, 2.75) is 33.2 Å². The number of H-pyrrole nitrogens is 1. The highest BCUT2D eigenvalue weighted by atomic mass is 16.1. The minimum atomic E-state index is -0.117. The maximum Gasteiger partial charge on any atom is 0.251 e. The van der Waals surface area contributed by atoms with Crippen molar-refractivity contribution in [3.63, 3.8) is 0 Å². The second-order valence-corrected chi connectivity index (χ2v) is 6.43. The van der Waals surface area contributed by atoms with Crippen molar-refractivity contribution in [3.05, 3.63) is 81.1 Å². The van der Waals surface area contributed by atoms with E-state index in [4.69, 9.17) is 0 Å². The molecule has 3 rings (SSSR count). The quantitative estimate of drug-likeness (QED) is 0.751. The molecule has 0 saturated carbocycles. The number of nitrogens with one attached hydrogen (secondary N) is 2. The Kier molecular flexibility index (Phi) is 4.98. The zero-order valence-electron chi connectivity index (χ0n) is 14.6. The number of fused-ring (bicyclic) bond motifs is 1. The molecular weight excluding hydrogens is 312 g/mol. The van der Waals surface area contributed by atoms with Crippen molar-refractivity contribution >= 4 is 16.8 Å². The highest BCUT2D eigenvalue weighted by Gasteiger charge is 2.08. The van der Waals surface area contributed by atoms with Gasteiger partial charge in [-0.2, -0.15) is 0 Å². The first-order valence-electron chi connectivity index (χ1n) is 8.47. The van der Waals surface area contributed by atoms with E-state index in [1.807, 2.05) is 62.4 Å². The van der Waals surface area contributed by atoms with Crippen LogP contribution in [0.5, 0.6) is 0 Å². The normalized spacial score (nSPS) is 10.8. The molecule has 0 bridgehead atoms. The van der Waals surface area contributed by atoms with Crippen LogP contribution < -0.4 is 10.9 Å². The lowest BCUT2D eigenvalue weighted by molar-refractivity contribution is -0.121. The first kappa shape index (κ1) is 17.0. The van der Waals surface area contributed by atoms with Crippen LogP contribution in [0.2, 0.25) is 0 Å². The lowest BCUT2D eigenvalue weighted by Gasteiger charge is -2.07. The van der Waals surface area contributed by atoms with Crippen LogP contribution in [-0.2, 0) is 17.8 Å². The lowest BCUT2D eigenvalue weighted by Crippen LogP contribution is -2.24. The average molecular weight is 334 g/mol. The summed E-state index contributed by atoms with van der Waals surface area (Å²) in [5.74, 6) is -0.0516. The summed E-state index contributed by atoms with van der Waals surface area (Å²) in [6, 6.07) is 15.9. The van der Waals surface area contributed by atoms with Crippen LogP contribution in [0.1, 0.15) is 28.7 Å². The van der Waals surface area contributed by atoms with Gasteiger partial charge in [0.25, 0.3) is 5.56 Å².